The van der Waals surface area contributed by atoms with Gasteiger partial charge in [-0.15, -0.1) is 0 Å². The molecule has 5 aliphatic rings. The molecule has 7 atom stereocenters. The number of rotatable bonds is 6. The highest BCUT2D eigenvalue weighted by Gasteiger charge is 2.60. The number of carbonyl (C=O) groups is 1. The van der Waals surface area contributed by atoms with Crippen LogP contribution >= 0.6 is 0 Å². The Hall–Kier alpha value is -0.690. The zero-order valence-electron chi connectivity index (χ0n) is 14.0. The Bertz CT molecular complexity index is 510. The molecule has 7 unspecified atom stereocenters. The molecule has 1 spiro atoms. The molecule has 0 radical (unpaired) electrons. The lowest BCUT2D eigenvalue weighted by atomic mass is 9.78. The molecule has 24 heavy (non-hydrogen) atoms. The first-order valence-corrected chi connectivity index (χ1v) is 9.57. The molecule has 0 aromatic heterocycles. The van der Waals surface area contributed by atoms with Crippen molar-refractivity contribution in [3.8, 4) is 0 Å². The van der Waals surface area contributed by atoms with E-state index >= 15 is 0 Å². The van der Waals surface area contributed by atoms with E-state index in [0.29, 0.717) is 30.8 Å². The summed E-state index contributed by atoms with van der Waals surface area (Å²) in [7, 11) is 0. The Morgan fingerprint density at radius 3 is 2.71 bits per heavy atom. The summed E-state index contributed by atoms with van der Waals surface area (Å²) >= 11 is 0. The predicted octanol–water partition coefficient (Wildman–Crippen LogP) is 2.43. The summed E-state index contributed by atoms with van der Waals surface area (Å²) in [6, 6.07) is 0. The van der Waals surface area contributed by atoms with Crippen LogP contribution in [0, 0.1) is 0 Å². The molecule has 2 saturated carbocycles. The molecule has 3 heterocycles. The van der Waals surface area contributed by atoms with Crippen LogP contribution in [0.2, 0.25) is 0 Å². The number of esters is 1. The fraction of sp³-hybridized carbons (Fsp3) is 0.944. The molecule has 5 fully saturated rings. The molecule has 3 saturated heterocycles. The topological polar surface area (TPSA) is 69.8 Å². The lowest BCUT2D eigenvalue weighted by Crippen LogP contribution is -2.58. The molecule has 3 aliphatic heterocycles. The third-order valence-electron chi connectivity index (χ3n) is 6.35. The third-order valence-corrected chi connectivity index (χ3v) is 6.35. The van der Waals surface area contributed by atoms with Gasteiger partial charge in [-0.05, 0) is 38.5 Å². The van der Waals surface area contributed by atoms with Crippen molar-refractivity contribution in [3.05, 3.63) is 0 Å². The van der Waals surface area contributed by atoms with Gasteiger partial charge in [0.15, 0.2) is 0 Å². The highest BCUT2D eigenvalue weighted by Crippen LogP contribution is 2.50. The van der Waals surface area contributed by atoms with Crippen LogP contribution in [-0.4, -0.2) is 48.2 Å². The SMILES string of the molecule is O=C(CCCCC1OOC12CCC1OC1C2)OC1CCC2OC2C1. The molecular weight excluding hydrogens is 312 g/mol. The van der Waals surface area contributed by atoms with E-state index in [-0.39, 0.29) is 23.8 Å². The first-order valence-electron chi connectivity index (χ1n) is 9.57. The van der Waals surface area contributed by atoms with Crippen LogP contribution in [-0.2, 0) is 28.8 Å². The van der Waals surface area contributed by atoms with Gasteiger partial charge in [0.2, 0.25) is 0 Å². The van der Waals surface area contributed by atoms with Crippen molar-refractivity contribution >= 4 is 5.97 Å². The highest BCUT2D eigenvalue weighted by atomic mass is 17.3. The summed E-state index contributed by atoms with van der Waals surface area (Å²) in [5, 5.41) is 0. The minimum atomic E-state index is -0.110. The molecule has 6 nitrogen and oxygen atoms in total. The first-order chi connectivity index (χ1) is 11.7. The van der Waals surface area contributed by atoms with Gasteiger partial charge >= 0.3 is 5.97 Å². The monoisotopic (exact) mass is 338 g/mol. The van der Waals surface area contributed by atoms with Crippen molar-refractivity contribution < 1.29 is 28.8 Å². The van der Waals surface area contributed by atoms with Crippen LogP contribution < -0.4 is 0 Å². The van der Waals surface area contributed by atoms with Gasteiger partial charge in [-0.2, -0.15) is 0 Å². The van der Waals surface area contributed by atoms with Crippen molar-refractivity contribution in [2.75, 3.05) is 0 Å². The molecule has 2 aliphatic carbocycles. The minimum Gasteiger partial charge on any atom is -0.462 e. The lowest BCUT2D eigenvalue weighted by Gasteiger charge is -2.48. The molecule has 0 N–H and O–H groups in total. The van der Waals surface area contributed by atoms with Crippen molar-refractivity contribution in [3.63, 3.8) is 0 Å². The normalized spacial score (nSPS) is 48.2. The van der Waals surface area contributed by atoms with Crippen molar-refractivity contribution in [2.45, 2.75) is 106 Å². The van der Waals surface area contributed by atoms with E-state index in [9.17, 15) is 4.79 Å². The summed E-state index contributed by atoms with van der Waals surface area (Å²) in [5.74, 6) is -0.0634. The highest BCUT2D eigenvalue weighted by molar-refractivity contribution is 5.69. The average molecular weight is 338 g/mol. The van der Waals surface area contributed by atoms with Crippen LogP contribution in [0.15, 0.2) is 0 Å². The maximum Gasteiger partial charge on any atom is 0.306 e. The number of hydrogen-bond acceptors (Lipinski definition) is 6. The van der Waals surface area contributed by atoms with Crippen LogP contribution in [0.5, 0.6) is 0 Å². The summed E-state index contributed by atoms with van der Waals surface area (Å²) in [6.07, 6.45) is 11.2. The van der Waals surface area contributed by atoms with E-state index in [2.05, 4.69) is 0 Å². The quantitative estimate of drug-likeness (QED) is 0.321. The summed E-state index contributed by atoms with van der Waals surface area (Å²) < 4.78 is 16.6. The second kappa shape index (κ2) is 5.94. The van der Waals surface area contributed by atoms with Crippen LogP contribution in [0.4, 0.5) is 0 Å². The standard InChI is InChI=1S/C18H26O6/c19-17(20-11-5-6-12-14(9-11)21-12)4-2-1-3-16-18(24-23-16)8-7-13-15(10-18)22-13/h11-16H,1-10H2. The molecule has 6 heteroatoms. The lowest BCUT2D eigenvalue weighted by molar-refractivity contribution is -0.515. The van der Waals surface area contributed by atoms with Crippen LogP contribution in [0.1, 0.15) is 64.2 Å². The molecule has 0 bridgehead atoms. The zero-order valence-corrected chi connectivity index (χ0v) is 14.0. The number of unbranched alkanes of at least 4 members (excludes halogenated alkanes) is 1. The van der Waals surface area contributed by atoms with E-state index in [1.54, 1.807) is 0 Å². The van der Waals surface area contributed by atoms with Gasteiger partial charge in [-0.3, -0.25) is 4.79 Å². The van der Waals surface area contributed by atoms with Gasteiger partial charge in [-0.25, -0.2) is 9.78 Å². The average Bonchev–Trinajstić information content (AvgIpc) is 3.46. The van der Waals surface area contributed by atoms with Crippen molar-refractivity contribution in [1.29, 1.82) is 0 Å². The Labute approximate surface area is 142 Å². The summed E-state index contributed by atoms with van der Waals surface area (Å²) in [5.41, 5.74) is -0.110. The van der Waals surface area contributed by atoms with Gasteiger partial charge in [0, 0.05) is 19.3 Å². The van der Waals surface area contributed by atoms with Crippen molar-refractivity contribution in [2.24, 2.45) is 0 Å². The molecule has 0 aromatic carbocycles. The maximum absolute atomic E-state index is 12.0. The fourth-order valence-corrected chi connectivity index (χ4v) is 4.69. The Morgan fingerprint density at radius 1 is 1.04 bits per heavy atom. The Morgan fingerprint density at radius 2 is 1.92 bits per heavy atom. The number of ether oxygens (including phenoxy) is 3. The number of carbonyl (C=O) groups excluding carboxylic acids is 1. The van der Waals surface area contributed by atoms with Gasteiger partial charge < -0.3 is 14.2 Å². The Kier molecular flexibility index (Phi) is 3.85. The van der Waals surface area contributed by atoms with E-state index in [0.717, 1.165) is 57.8 Å². The summed E-state index contributed by atoms with van der Waals surface area (Å²) in [6.45, 7) is 0. The van der Waals surface area contributed by atoms with Gasteiger partial charge in [0.1, 0.15) is 17.8 Å². The predicted molar refractivity (Wildman–Crippen MR) is 82.1 cm³/mol. The first kappa shape index (κ1) is 15.6. The summed E-state index contributed by atoms with van der Waals surface area (Å²) in [4.78, 5) is 22.8. The van der Waals surface area contributed by atoms with E-state index < -0.39 is 0 Å². The number of fused-ring (bicyclic) bond motifs is 2. The molecular formula is C18H26O6. The van der Waals surface area contributed by atoms with E-state index in [4.69, 9.17) is 24.0 Å². The van der Waals surface area contributed by atoms with Crippen LogP contribution in [0.25, 0.3) is 0 Å². The maximum atomic E-state index is 12.0. The van der Waals surface area contributed by atoms with Gasteiger partial charge in [0.25, 0.3) is 0 Å². The van der Waals surface area contributed by atoms with Gasteiger partial charge in [-0.1, -0.05) is 6.42 Å². The molecule has 134 valence electrons. The zero-order chi connectivity index (χ0) is 16.1. The fourth-order valence-electron chi connectivity index (χ4n) is 4.69. The molecule has 0 aromatic rings. The molecule has 0 amide bonds. The van der Waals surface area contributed by atoms with Crippen molar-refractivity contribution in [1.82, 2.24) is 0 Å². The second-order valence-electron chi connectivity index (χ2n) is 8.07. The second-order valence-corrected chi connectivity index (χ2v) is 8.07. The number of epoxide rings is 2. The third kappa shape index (κ3) is 2.98. The van der Waals surface area contributed by atoms with E-state index in [1.165, 1.54) is 0 Å². The van der Waals surface area contributed by atoms with E-state index in [1.807, 2.05) is 0 Å². The number of hydrogen-bond donors (Lipinski definition) is 0. The van der Waals surface area contributed by atoms with Crippen LogP contribution in [0.3, 0.4) is 0 Å². The minimum absolute atomic E-state index is 0.0634. The molecule has 5 rings (SSSR count). The smallest absolute Gasteiger partial charge is 0.306 e. The largest absolute Gasteiger partial charge is 0.462 e. The van der Waals surface area contributed by atoms with Gasteiger partial charge in [0.05, 0.1) is 24.4 Å². The Balaban J connectivity index is 0.990.